The molecule has 0 fully saturated rings. The van der Waals surface area contributed by atoms with E-state index in [0.717, 1.165) is 13.0 Å². The molecule has 2 atom stereocenters. The molecule has 0 saturated heterocycles. The van der Waals surface area contributed by atoms with Gasteiger partial charge in [0.2, 0.25) is 0 Å². The maximum atomic E-state index is 13.2. The van der Waals surface area contributed by atoms with Gasteiger partial charge in [-0.05, 0) is 69.4 Å². The normalized spacial score (nSPS) is 22.7. The average Bonchev–Trinajstić information content (AvgIpc) is 2.91. The highest BCUT2D eigenvalue weighted by Gasteiger charge is 2.33. The van der Waals surface area contributed by atoms with Crippen LogP contribution in [0.4, 0.5) is 8.78 Å². The van der Waals surface area contributed by atoms with E-state index in [-0.39, 0.29) is 19.2 Å². The molecule has 0 saturated carbocycles. The third-order valence-electron chi connectivity index (χ3n) is 5.40. The molecule has 1 rings (SSSR count). The fraction of sp³-hybridized carbons (Fsp3) is 0.519. The van der Waals surface area contributed by atoms with Crippen LogP contribution in [0.15, 0.2) is 60.2 Å². The summed E-state index contributed by atoms with van der Waals surface area (Å²) in [6, 6.07) is 0. The number of methoxy groups -OCH3 is 1. The monoisotopic (exact) mass is 492 g/mol. The number of rotatable bonds is 13. The van der Waals surface area contributed by atoms with Crippen molar-refractivity contribution in [2.45, 2.75) is 51.9 Å². The Labute approximate surface area is 209 Å². The van der Waals surface area contributed by atoms with E-state index in [1.54, 1.807) is 20.2 Å². The van der Waals surface area contributed by atoms with Gasteiger partial charge in [0.25, 0.3) is 5.92 Å². The smallest absolute Gasteiger partial charge is 0.263 e. The highest BCUT2D eigenvalue weighted by molar-refractivity contribution is 5.57. The summed E-state index contributed by atoms with van der Waals surface area (Å²) in [7, 11) is 1.60. The Morgan fingerprint density at radius 2 is 2.17 bits per heavy atom. The molecule has 2 unspecified atom stereocenters. The van der Waals surface area contributed by atoms with E-state index < -0.39 is 11.3 Å². The summed E-state index contributed by atoms with van der Waals surface area (Å²) >= 11 is 0. The maximum Gasteiger partial charge on any atom is 0.263 e. The molecule has 0 spiro atoms. The van der Waals surface area contributed by atoms with Gasteiger partial charge in [0, 0.05) is 37.4 Å². The molecule has 0 aromatic rings. The number of alkyl halides is 2. The van der Waals surface area contributed by atoms with Gasteiger partial charge in [-0.3, -0.25) is 0 Å². The molecule has 0 aliphatic heterocycles. The molecule has 196 valence electrons. The average molecular weight is 493 g/mol. The van der Waals surface area contributed by atoms with E-state index in [0.29, 0.717) is 50.1 Å². The SMILES string of the molecule is C#CC.COC1=C/C=C/C(CC(C=N)C/C=C/C(C)(F)F)(/C(N)=C/N(CN)CCCO)CC\C=C\1. The van der Waals surface area contributed by atoms with E-state index in [9.17, 15) is 8.78 Å². The predicted molar refractivity (Wildman–Crippen MR) is 141 cm³/mol. The number of ether oxygens (including phenoxy) is 1. The van der Waals surface area contributed by atoms with Gasteiger partial charge in [0.1, 0.15) is 5.76 Å². The van der Waals surface area contributed by atoms with Crippen molar-refractivity contribution in [2.24, 2.45) is 22.8 Å². The van der Waals surface area contributed by atoms with E-state index in [2.05, 4.69) is 12.3 Å². The Morgan fingerprint density at radius 3 is 2.71 bits per heavy atom. The molecular weight excluding hydrogens is 450 g/mol. The molecule has 6 nitrogen and oxygen atoms in total. The summed E-state index contributed by atoms with van der Waals surface area (Å²) in [5, 5.41) is 17.0. The first kappa shape index (κ1) is 32.1. The molecule has 0 amide bonds. The maximum absolute atomic E-state index is 13.2. The molecule has 1 aliphatic rings. The summed E-state index contributed by atoms with van der Waals surface area (Å²) in [4.78, 5) is 1.84. The molecule has 0 bridgehead atoms. The lowest BCUT2D eigenvalue weighted by molar-refractivity contribution is 0.0770. The second kappa shape index (κ2) is 17.5. The highest BCUT2D eigenvalue weighted by atomic mass is 19.3. The lowest BCUT2D eigenvalue weighted by Gasteiger charge is -2.35. The zero-order valence-corrected chi connectivity index (χ0v) is 21.2. The number of nitrogens with one attached hydrogen (secondary N) is 1. The second-order valence-electron chi connectivity index (χ2n) is 8.40. The Morgan fingerprint density at radius 1 is 1.49 bits per heavy atom. The Balaban J connectivity index is 0.00000365. The van der Waals surface area contributed by atoms with Crippen molar-refractivity contribution in [3.05, 3.63) is 60.2 Å². The van der Waals surface area contributed by atoms with Crippen LogP contribution in [0.5, 0.6) is 0 Å². The molecule has 0 aromatic heterocycles. The zero-order valence-electron chi connectivity index (χ0n) is 21.2. The summed E-state index contributed by atoms with van der Waals surface area (Å²) in [6.07, 6.45) is 22.4. The van der Waals surface area contributed by atoms with Crippen molar-refractivity contribution in [1.82, 2.24) is 4.90 Å². The number of allylic oxidation sites excluding steroid dienone is 7. The minimum atomic E-state index is -2.89. The van der Waals surface area contributed by atoms with E-state index >= 15 is 0 Å². The zero-order chi connectivity index (χ0) is 26.7. The van der Waals surface area contributed by atoms with E-state index in [1.807, 2.05) is 35.3 Å². The number of nitrogens with two attached hydrogens (primary N) is 2. The standard InChI is InChI=1S/C24H38F2N4O2.C3H4/c1-23(25,26)11-5-8-20(17-27)16-24(22(29)18-30(19-28)14-7-15-31)12-4-3-9-21(32-2)10-6-13-24;1-3-2/h3,5-6,9-11,13,17-18,20,27,31H,4,7-8,12,14-16,19,28-29H2,1-2H3;1H,2H3/b9-3+,11-5+,13-6+,21-10+,22-18-,27-17?;. The number of aliphatic hydroxyl groups is 1. The molecule has 0 heterocycles. The van der Waals surface area contributed by atoms with Gasteiger partial charge in [0.05, 0.1) is 13.8 Å². The van der Waals surface area contributed by atoms with Crippen LogP contribution in [0.1, 0.15) is 46.0 Å². The van der Waals surface area contributed by atoms with Crippen LogP contribution in [-0.4, -0.2) is 49.1 Å². The minimum Gasteiger partial charge on any atom is -0.497 e. The van der Waals surface area contributed by atoms with Crippen molar-refractivity contribution in [1.29, 1.82) is 5.41 Å². The van der Waals surface area contributed by atoms with Crippen LogP contribution < -0.4 is 11.5 Å². The molecule has 0 aromatic carbocycles. The lowest BCUT2D eigenvalue weighted by Crippen LogP contribution is -2.34. The summed E-state index contributed by atoms with van der Waals surface area (Å²) in [5.41, 5.74) is 12.5. The third-order valence-corrected chi connectivity index (χ3v) is 5.40. The van der Waals surface area contributed by atoms with E-state index in [1.165, 1.54) is 12.3 Å². The molecule has 6 N–H and O–H groups in total. The van der Waals surface area contributed by atoms with Crippen molar-refractivity contribution >= 4 is 6.21 Å². The van der Waals surface area contributed by atoms with Gasteiger partial charge < -0.3 is 31.6 Å². The number of hydrogen-bond donors (Lipinski definition) is 4. The minimum absolute atomic E-state index is 0.0505. The van der Waals surface area contributed by atoms with Crippen LogP contribution in [0, 0.1) is 29.1 Å². The Bertz CT molecular complexity index is 807. The summed E-state index contributed by atoms with van der Waals surface area (Å²) in [6.45, 7) is 3.35. The van der Waals surface area contributed by atoms with Crippen molar-refractivity contribution in [2.75, 3.05) is 26.9 Å². The molecular formula is C27H42F2N4O2. The molecule has 8 heteroatoms. The number of nitrogens with zero attached hydrogens (tertiary/aromatic N) is 1. The number of aliphatic hydroxyl groups excluding tert-OH is 1. The van der Waals surface area contributed by atoms with E-state index in [4.69, 9.17) is 26.7 Å². The summed E-state index contributed by atoms with van der Waals surface area (Å²) < 4.78 is 31.7. The van der Waals surface area contributed by atoms with Gasteiger partial charge in [-0.25, -0.2) is 8.78 Å². The highest BCUT2D eigenvalue weighted by Crippen LogP contribution is 2.40. The Kier molecular flexibility index (Phi) is 16.1. The largest absolute Gasteiger partial charge is 0.497 e. The first-order valence-corrected chi connectivity index (χ1v) is 11.7. The van der Waals surface area contributed by atoms with Crippen LogP contribution in [-0.2, 0) is 4.74 Å². The topological polar surface area (TPSA) is 109 Å². The van der Waals surface area contributed by atoms with Crippen LogP contribution in [0.2, 0.25) is 0 Å². The quantitative estimate of drug-likeness (QED) is 0.129. The van der Waals surface area contributed by atoms with Gasteiger partial charge in [-0.2, -0.15) is 0 Å². The molecule has 1 aliphatic carbocycles. The first-order chi connectivity index (χ1) is 16.6. The van der Waals surface area contributed by atoms with Crippen LogP contribution >= 0.6 is 0 Å². The van der Waals surface area contributed by atoms with Gasteiger partial charge >= 0.3 is 0 Å². The number of hydrogen-bond acceptors (Lipinski definition) is 6. The van der Waals surface area contributed by atoms with Gasteiger partial charge in [-0.1, -0.05) is 24.3 Å². The van der Waals surface area contributed by atoms with Crippen molar-refractivity contribution < 1.29 is 18.6 Å². The lowest BCUT2D eigenvalue weighted by atomic mass is 9.72. The van der Waals surface area contributed by atoms with Gasteiger partial charge in [0.15, 0.2) is 0 Å². The fourth-order valence-corrected chi connectivity index (χ4v) is 3.61. The number of terminal acetylenes is 1. The van der Waals surface area contributed by atoms with Crippen LogP contribution in [0.3, 0.4) is 0 Å². The fourth-order valence-electron chi connectivity index (χ4n) is 3.61. The van der Waals surface area contributed by atoms with Crippen molar-refractivity contribution in [3.8, 4) is 12.3 Å². The van der Waals surface area contributed by atoms with Gasteiger partial charge in [-0.15, -0.1) is 12.3 Å². The third kappa shape index (κ3) is 13.5. The molecule has 0 radical (unpaired) electrons. The number of halogens is 2. The first-order valence-electron chi connectivity index (χ1n) is 11.7. The second-order valence-corrected chi connectivity index (χ2v) is 8.40. The Hall–Kier alpha value is -2.89. The molecule has 35 heavy (non-hydrogen) atoms. The van der Waals surface area contributed by atoms with Crippen molar-refractivity contribution in [3.63, 3.8) is 0 Å². The summed E-state index contributed by atoms with van der Waals surface area (Å²) in [5.74, 6) is -0.200. The van der Waals surface area contributed by atoms with Crippen LogP contribution in [0.25, 0.3) is 0 Å². The predicted octanol–water partition coefficient (Wildman–Crippen LogP) is 4.71.